The van der Waals surface area contributed by atoms with E-state index in [1.807, 2.05) is 24.3 Å². The van der Waals surface area contributed by atoms with Gasteiger partial charge in [0, 0.05) is 10.5 Å². The molecule has 1 aromatic carbocycles. The third-order valence-corrected chi connectivity index (χ3v) is 3.94. The van der Waals surface area contributed by atoms with E-state index in [4.69, 9.17) is 9.84 Å². The summed E-state index contributed by atoms with van der Waals surface area (Å²) in [5.74, 6) is -1.11. The van der Waals surface area contributed by atoms with Gasteiger partial charge in [-0.3, -0.25) is 4.79 Å². The van der Waals surface area contributed by atoms with Gasteiger partial charge in [0.15, 0.2) is 0 Å². The summed E-state index contributed by atoms with van der Waals surface area (Å²) in [7, 11) is 0. The number of carbonyl (C=O) groups excluding carboxylic acids is 1. The van der Waals surface area contributed by atoms with E-state index in [0.29, 0.717) is 13.1 Å². The number of ether oxygens (including phenoxy) is 1. The molecule has 1 saturated heterocycles. The minimum Gasteiger partial charge on any atom is -0.480 e. The Morgan fingerprint density at radius 3 is 2.71 bits per heavy atom. The summed E-state index contributed by atoms with van der Waals surface area (Å²) < 4.78 is 6.19. The van der Waals surface area contributed by atoms with Crippen LogP contribution < -0.4 is 0 Å². The number of aliphatic carboxylic acids is 1. The molecule has 1 aromatic rings. The molecule has 1 aliphatic rings. The molecule has 0 aromatic heterocycles. The molecule has 1 N–H and O–H groups in total. The Bertz CT molecular complexity index is 579. The van der Waals surface area contributed by atoms with E-state index in [1.165, 1.54) is 6.08 Å². The largest absolute Gasteiger partial charge is 0.480 e. The lowest BCUT2D eigenvalue weighted by Crippen LogP contribution is -2.63. The molecule has 2 rings (SSSR count). The number of hydrogen-bond acceptors (Lipinski definition) is 3. The Morgan fingerprint density at radius 1 is 1.43 bits per heavy atom. The van der Waals surface area contributed by atoms with Gasteiger partial charge in [0.1, 0.15) is 12.2 Å². The van der Waals surface area contributed by atoms with Crippen molar-refractivity contribution < 1.29 is 19.4 Å². The lowest BCUT2D eigenvalue weighted by molar-refractivity contribution is -0.170. The van der Waals surface area contributed by atoms with Gasteiger partial charge in [0.2, 0.25) is 5.91 Å². The fraction of sp³-hybridized carbons (Fsp3) is 0.333. The number of rotatable bonds is 5. The molecule has 1 fully saturated rings. The normalized spacial score (nSPS) is 16.8. The monoisotopic (exact) mass is 353 g/mol. The molecule has 6 heteroatoms. The number of nitrogens with zero attached hydrogens (tertiary/aromatic N) is 1. The SMILES string of the molecule is CC1(OCC(=O)O)CN(C(=O)/C=C/c2ccccc2Br)C1. The highest BCUT2D eigenvalue weighted by atomic mass is 79.9. The third-order valence-electron chi connectivity index (χ3n) is 3.22. The fourth-order valence-corrected chi connectivity index (χ4v) is 2.54. The van der Waals surface area contributed by atoms with Gasteiger partial charge in [0.25, 0.3) is 0 Å². The molecular formula is C15H16BrNO4. The maximum atomic E-state index is 12.0. The van der Waals surface area contributed by atoms with Crippen molar-refractivity contribution in [1.29, 1.82) is 0 Å². The first-order valence-corrected chi connectivity index (χ1v) is 7.26. The van der Waals surface area contributed by atoms with Crippen LogP contribution in [0.2, 0.25) is 0 Å². The van der Waals surface area contributed by atoms with Gasteiger partial charge in [0.05, 0.1) is 13.1 Å². The molecule has 1 heterocycles. The van der Waals surface area contributed by atoms with E-state index in [1.54, 1.807) is 17.9 Å². The number of hydrogen-bond donors (Lipinski definition) is 1. The van der Waals surface area contributed by atoms with Crippen molar-refractivity contribution in [3.63, 3.8) is 0 Å². The van der Waals surface area contributed by atoms with Crippen LogP contribution in [-0.2, 0) is 14.3 Å². The minimum absolute atomic E-state index is 0.109. The summed E-state index contributed by atoms with van der Waals surface area (Å²) >= 11 is 3.41. The van der Waals surface area contributed by atoms with E-state index < -0.39 is 11.6 Å². The van der Waals surface area contributed by atoms with E-state index in [0.717, 1.165) is 10.0 Å². The Kier molecular flexibility index (Phi) is 4.80. The topological polar surface area (TPSA) is 66.8 Å². The molecular weight excluding hydrogens is 338 g/mol. The zero-order chi connectivity index (χ0) is 15.5. The van der Waals surface area contributed by atoms with E-state index in [9.17, 15) is 9.59 Å². The lowest BCUT2D eigenvalue weighted by Gasteiger charge is -2.46. The lowest BCUT2D eigenvalue weighted by atomic mass is 9.96. The summed E-state index contributed by atoms with van der Waals surface area (Å²) in [4.78, 5) is 24.1. The molecule has 1 aliphatic heterocycles. The first-order valence-electron chi connectivity index (χ1n) is 6.47. The van der Waals surface area contributed by atoms with E-state index in [-0.39, 0.29) is 12.5 Å². The predicted molar refractivity (Wildman–Crippen MR) is 81.7 cm³/mol. The number of carboxylic acid groups (broad SMARTS) is 1. The zero-order valence-corrected chi connectivity index (χ0v) is 13.2. The van der Waals surface area contributed by atoms with Crippen LogP contribution in [0.15, 0.2) is 34.8 Å². The Morgan fingerprint density at radius 2 is 2.10 bits per heavy atom. The van der Waals surface area contributed by atoms with Crippen molar-refractivity contribution in [1.82, 2.24) is 4.90 Å². The van der Waals surface area contributed by atoms with Crippen molar-refractivity contribution in [2.24, 2.45) is 0 Å². The molecule has 0 unspecified atom stereocenters. The minimum atomic E-state index is -1.00. The quantitative estimate of drug-likeness (QED) is 0.823. The average molecular weight is 354 g/mol. The van der Waals surface area contributed by atoms with Crippen molar-refractivity contribution in [3.8, 4) is 0 Å². The van der Waals surface area contributed by atoms with Crippen LogP contribution in [0.25, 0.3) is 6.08 Å². The highest BCUT2D eigenvalue weighted by molar-refractivity contribution is 9.10. The fourth-order valence-electron chi connectivity index (χ4n) is 2.12. The Balaban J connectivity index is 1.87. The molecule has 112 valence electrons. The van der Waals surface area contributed by atoms with Gasteiger partial charge in [-0.25, -0.2) is 4.79 Å². The number of halogens is 1. The molecule has 5 nitrogen and oxygen atoms in total. The summed E-state index contributed by atoms with van der Waals surface area (Å²) in [5, 5.41) is 8.59. The van der Waals surface area contributed by atoms with Crippen LogP contribution in [-0.4, -0.2) is 47.2 Å². The molecule has 0 atom stereocenters. The van der Waals surface area contributed by atoms with Gasteiger partial charge >= 0.3 is 5.97 Å². The number of carbonyl (C=O) groups is 2. The van der Waals surface area contributed by atoms with Gasteiger partial charge in [-0.2, -0.15) is 0 Å². The second-order valence-corrected chi connectivity index (χ2v) is 6.04. The summed E-state index contributed by atoms with van der Waals surface area (Å²) in [5.41, 5.74) is 0.367. The van der Waals surface area contributed by atoms with E-state index >= 15 is 0 Å². The molecule has 0 saturated carbocycles. The maximum Gasteiger partial charge on any atom is 0.329 e. The molecule has 21 heavy (non-hydrogen) atoms. The van der Waals surface area contributed by atoms with Crippen LogP contribution >= 0.6 is 15.9 Å². The first kappa shape index (κ1) is 15.7. The summed E-state index contributed by atoms with van der Waals surface area (Å²) in [6.45, 7) is 2.27. The second kappa shape index (κ2) is 6.41. The van der Waals surface area contributed by atoms with Crippen molar-refractivity contribution in [2.45, 2.75) is 12.5 Å². The molecule has 0 spiro atoms. The highest BCUT2D eigenvalue weighted by Gasteiger charge is 2.42. The van der Waals surface area contributed by atoms with Gasteiger partial charge in [-0.1, -0.05) is 34.1 Å². The molecule has 0 radical (unpaired) electrons. The molecule has 1 amide bonds. The third kappa shape index (κ3) is 4.15. The summed E-state index contributed by atoms with van der Waals surface area (Å²) in [6.07, 6.45) is 3.26. The van der Waals surface area contributed by atoms with Gasteiger partial charge < -0.3 is 14.7 Å². The summed E-state index contributed by atoms with van der Waals surface area (Å²) in [6, 6.07) is 7.62. The number of benzene rings is 1. The number of carboxylic acids is 1. The van der Waals surface area contributed by atoms with Gasteiger partial charge in [-0.15, -0.1) is 0 Å². The van der Waals surface area contributed by atoms with Crippen molar-refractivity contribution in [3.05, 3.63) is 40.4 Å². The number of amides is 1. The zero-order valence-electron chi connectivity index (χ0n) is 11.6. The second-order valence-electron chi connectivity index (χ2n) is 5.18. The average Bonchev–Trinajstić information content (AvgIpc) is 2.41. The Hall–Kier alpha value is -1.66. The highest BCUT2D eigenvalue weighted by Crippen LogP contribution is 2.25. The van der Waals surface area contributed by atoms with Crippen LogP contribution in [0.5, 0.6) is 0 Å². The maximum absolute atomic E-state index is 12.0. The van der Waals surface area contributed by atoms with Gasteiger partial charge in [-0.05, 0) is 24.6 Å². The van der Waals surface area contributed by atoms with E-state index in [2.05, 4.69) is 15.9 Å². The number of likely N-dealkylation sites (tertiary alicyclic amines) is 1. The standard InChI is InChI=1S/C15H16BrNO4/c1-15(21-8-14(19)20)9-17(10-15)13(18)7-6-11-4-2-3-5-12(11)16/h2-7H,8-10H2,1H3,(H,19,20)/b7-6+. The van der Waals surface area contributed by atoms with Crippen LogP contribution in [0, 0.1) is 0 Å². The van der Waals surface area contributed by atoms with Crippen LogP contribution in [0.4, 0.5) is 0 Å². The van der Waals surface area contributed by atoms with Crippen molar-refractivity contribution >= 4 is 33.9 Å². The van der Waals surface area contributed by atoms with Crippen LogP contribution in [0.1, 0.15) is 12.5 Å². The first-order chi connectivity index (χ1) is 9.89. The van der Waals surface area contributed by atoms with Crippen molar-refractivity contribution in [2.75, 3.05) is 19.7 Å². The smallest absolute Gasteiger partial charge is 0.329 e. The molecule has 0 bridgehead atoms. The Labute approximate surface area is 131 Å². The van der Waals surface area contributed by atoms with Crippen LogP contribution in [0.3, 0.4) is 0 Å². The predicted octanol–water partition coefficient (Wildman–Crippen LogP) is 2.16. The molecule has 0 aliphatic carbocycles.